The Labute approximate surface area is 171 Å². The summed E-state index contributed by atoms with van der Waals surface area (Å²) >= 11 is 0. The topological polar surface area (TPSA) is 187 Å². The third-order valence-electron chi connectivity index (χ3n) is 4.77. The Bertz CT molecular complexity index is 1080. The number of hydrogen-bond donors (Lipinski definition) is 5. The minimum atomic E-state index is -3.96. The highest BCUT2D eigenvalue weighted by atomic mass is 32.2. The third-order valence-corrected chi connectivity index (χ3v) is 6.65. The van der Waals surface area contributed by atoms with Gasteiger partial charge in [0.05, 0.1) is 4.90 Å². The van der Waals surface area contributed by atoms with Crippen LogP contribution < -0.4 is 11.5 Å². The fourth-order valence-electron chi connectivity index (χ4n) is 3.15. The Kier molecular flexibility index (Phi) is 5.46. The number of anilines is 1. The zero-order chi connectivity index (χ0) is 22.2. The summed E-state index contributed by atoms with van der Waals surface area (Å²) in [5.41, 5.74) is 11.2. The normalized spacial score (nSPS) is 17.6. The number of phenols is 3. The van der Waals surface area contributed by atoms with Crippen LogP contribution in [0.1, 0.15) is 10.4 Å². The van der Waals surface area contributed by atoms with E-state index in [-0.39, 0.29) is 30.1 Å². The molecule has 11 nitrogen and oxygen atoms in total. The second-order valence-electron chi connectivity index (χ2n) is 6.71. The molecule has 0 saturated carbocycles. The number of phenolic OH excluding ortho intramolecular Hbond substituents is 3. The minimum absolute atomic E-state index is 0.0203. The number of aromatic hydroxyl groups is 3. The van der Waals surface area contributed by atoms with E-state index < -0.39 is 45.1 Å². The van der Waals surface area contributed by atoms with Gasteiger partial charge < -0.3 is 31.7 Å². The van der Waals surface area contributed by atoms with Crippen LogP contribution in [0.2, 0.25) is 0 Å². The Morgan fingerprint density at radius 1 is 1.00 bits per heavy atom. The molecule has 7 N–H and O–H groups in total. The maximum absolute atomic E-state index is 12.9. The van der Waals surface area contributed by atoms with E-state index in [1.807, 2.05) is 0 Å². The SMILES string of the molecule is NC(=O)C1CN(S(=O)(=O)c2ccc(N)cc2)CCN1C(=O)c1cc(O)c(O)c(O)c1. The molecular weight excluding hydrogens is 416 g/mol. The largest absolute Gasteiger partial charge is 0.504 e. The van der Waals surface area contributed by atoms with Crippen molar-refractivity contribution >= 4 is 27.5 Å². The maximum Gasteiger partial charge on any atom is 0.254 e. The zero-order valence-corrected chi connectivity index (χ0v) is 16.4. The molecule has 0 aromatic heterocycles. The van der Waals surface area contributed by atoms with Crippen LogP contribution in [-0.4, -0.2) is 70.4 Å². The van der Waals surface area contributed by atoms with Crippen molar-refractivity contribution in [2.24, 2.45) is 5.73 Å². The molecule has 1 heterocycles. The molecule has 1 fully saturated rings. The number of rotatable bonds is 4. The molecule has 1 atom stereocenters. The van der Waals surface area contributed by atoms with Crippen molar-refractivity contribution in [1.82, 2.24) is 9.21 Å². The number of piperazine rings is 1. The van der Waals surface area contributed by atoms with Crippen LogP contribution >= 0.6 is 0 Å². The molecule has 0 aliphatic carbocycles. The highest BCUT2D eigenvalue weighted by molar-refractivity contribution is 7.89. The summed E-state index contributed by atoms with van der Waals surface area (Å²) in [5.74, 6) is -3.93. The second kappa shape index (κ2) is 7.72. The Balaban J connectivity index is 1.88. The standard InChI is InChI=1S/C18H20N4O7S/c19-11-1-3-12(4-2-11)30(28,29)21-5-6-22(13(9-21)17(20)26)18(27)10-7-14(23)16(25)15(24)8-10/h1-4,7-8,13,23-25H,5-6,9,19H2,(H2,20,26). The van der Waals surface area contributed by atoms with Gasteiger partial charge in [0.25, 0.3) is 5.91 Å². The van der Waals surface area contributed by atoms with Crippen LogP contribution in [-0.2, 0) is 14.8 Å². The summed E-state index contributed by atoms with van der Waals surface area (Å²) < 4.78 is 26.8. The number of primary amides is 1. The van der Waals surface area contributed by atoms with E-state index in [1.165, 1.54) is 24.3 Å². The molecular formula is C18H20N4O7S. The molecule has 1 unspecified atom stereocenters. The lowest BCUT2D eigenvalue weighted by atomic mass is 10.1. The smallest absolute Gasteiger partial charge is 0.254 e. The van der Waals surface area contributed by atoms with Gasteiger partial charge in [0, 0.05) is 30.9 Å². The molecule has 160 valence electrons. The molecule has 2 aromatic carbocycles. The lowest BCUT2D eigenvalue weighted by Gasteiger charge is -2.39. The van der Waals surface area contributed by atoms with Crippen molar-refractivity contribution in [2.45, 2.75) is 10.9 Å². The van der Waals surface area contributed by atoms with Gasteiger partial charge in [-0.2, -0.15) is 4.31 Å². The van der Waals surface area contributed by atoms with Crippen molar-refractivity contribution in [1.29, 1.82) is 0 Å². The number of nitrogen functional groups attached to an aromatic ring is 1. The van der Waals surface area contributed by atoms with Crippen molar-refractivity contribution in [3.05, 3.63) is 42.0 Å². The van der Waals surface area contributed by atoms with Gasteiger partial charge in [-0.25, -0.2) is 8.42 Å². The van der Waals surface area contributed by atoms with Gasteiger partial charge in [-0.05, 0) is 36.4 Å². The van der Waals surface area contributed by atoms with Crippen molar-refractivity contribution in [3.63, 3.8) is 0 Å². The summed E-state index contributed by atoms with van der Waals surface area (Å²) in [6, 6.07) is 6.10. The van der Waals surface area contributed by atoms with E-state index in [1.54, 1.807) is 0 Å². The summed E-state index contributed by atoms with van der Waals surface area (Å²) in [7, 11) is -3.96. The molecule has 1 aliphatic rings. The van der Waals surface area contributed by atoms with Gasteiger partial charge >= 0.3 is 0 Å². The first-order valence-electron chi connectivity index (χ1n) is 8.73. The molecule has 0 bridgehead atoms. The molecule has 1 aliphatic heterocycles. The Hall–Kier alpha value is -3.51. The van der Waals surface area contributed by atoms with E-state index >= 15 is 0 Å². The average Bonchev–Trinajstić information content (AvgIpc) is 2.70. The number of carbonyl (C=O) groups is 2. The van der Waals surface area contributed by atoms with Crippen LogP contribution in [0.15, 0.2) is 41.3 Å². The molecule has 2 aromatic rings. The predicted molar refractivity (Wildman–Crippen MR) is 105 cm³/mol. The number of hydrogen-bond acceptors (Lipinski definition) is 8. The lowest BCUT2D eigenvalue weighted by Crippen LogP contribution is -2.60. The summed E-state index contributed by atoms with van der Waals surface area (Å²) in [6.45, 7) is -0.648. The molecule has 30 heavy (non-hydrogen) atoms. The highest BCUT2D eigenvalue weighted by Crippen LogP contribution is 2.36. The van der Waals surface area contributed by atoms with Crippen LogP contribution in [0.5, 0.6) is 17.2 Å². The monoisotopic (exact) mass is 436 g/mol. The van der Waals surface area contributed by atoms with Gasteiger partial charge in [-0.15, -0.1) is 0 Å². The highest BCUT2D eigenvalue weighted by Gasteiger charge is 2.39. The van der Waals surface area contributed by atoms with Crippen LogP contribution in [0.4, 0.5) is 5.69 Å². The summed E-state index contributed by atoms with van der Waals surface area (Å²) in [5, 5.41) is 28.7. The van der Waals surface area contributed by atoms with Crippen molar-refractivity contribution in [3.8, 4) is 17.2 Å². The Morgan fingerprint density at radius 2 is 1.57 bits per heavy atom. The first-order chi connectivity index (χ1) is 14.0. The van der Waals surface area contributed by atoms with E-state index in [0.717, 1.165) is 21.3 Å². The molecule has 0 spiro atoms. The van der Waals surface area contributed by atoms with E-state index in [2.05, 4.69) is 0 Å². The molecule has 0 radical (unpaired) electrons. The van der Waals surface area contributed by atoms with Crippen LogP contribution in [0.3, 0.4) is 0 Å². The van der Waals surface area contributed by atoms with Gasteiger partial charge in [0.15, 0.2) is 17.2 Å². The minimum Gasteiger partial charge on any atom is -0.504 e. The maximum atomic E-state index is 12.9. The fourth-order valence-corrected chi connectivity index (χ4v) is 4.58. The van der Waals surface area contributed by atoms with Gasteiger partial charge in [0.1, 0.15) is 6.04 Å². The number of nitrogens with two attached hydrogens (primary N) is 2. The first kappa shape index (κ1) is 21.2. The molecule has 2 amide bonds. The average molecular weight is 436 g/mol. The number of sulfonamides is 1. The van der Waals surface area contributed by atoms with Gasteiger partial charge in [-0.3, -0.25) is 9.59 Å². The van der Waals surface area contributed by atoms with Crippen molar-refractivity contribution in [2.75, 3.05) is 25.4 Å². The molecule has 3 rings (SSSR count). The van der Waals surface area contributed by atoms with E-state index in [9.17, 15) is 33.3 Å². The lowest BCUT2D eigenvalue weighted by molar-refractivity contribution is -0.123. The van der Waals surface area contributed by atoms with Crippen LogP contribution in [0.25, 0.3) is 0 Å². The van der Waals surface area contributed by atoms with Gasteiger partial charge in [-0.1, -0.05) is 0 Å². The summed E-state index contributed by atoms with van der Waals surface area (Å²) in [6.07, 6.45) is 0. The molecule has 12 heteroatoms. The quantitative estimate of drug-likeness (QED) is 0.310. The number of amides is 2. The number of benzene rings is 2. The predicted octanol–water partition coefficient (Wildman–Crippen LogP) is -0.614. The first-order valence-corrected chi connectivity index (χ1v) is 10.2. The molecule has 1 saturated heterocycles. The summed E-state index contributed by atoms with van der Waals surface area (Å²) in [4.78, 5) is 25.9. The second-order valence-corrected chi connectivity index (χ2v) is 8.65. The van der Waals surface area contributed by atoms with Gasteiger partial charge in [0.2, 0.25) is 15.9 Å². The van der Waals surface area contributed by atoms with Crippen molar-refractivity contribution < 1.29 is 33.3 Å². The van der Waals surface area contributed by atoms with E-state index in [4.69, 9.17) is 11.5 Å². The zero-order valence-electron chi connectivity index (χ0n) is 15.6. The Morgan fingerprint density at radius 3 is 2.10 bits per heavy atom. The number of carbonyl (C=O) groups excluding carboxylic acids is 2. The van der Waals surface area contributed by atoms with Crippen LogP contribution in [0, 0.1) is 0 Å². The number of nitrogens with zero attached hydrogens (tertiary/aromatic N) is 2. The van der Waals surface area contributed by atoms with E-state index in [0.29, 0.717) is 5.69 Å². The third kappa shape index (κ3) is 3.82. The fraction of sp³-hybridized carbons (Fsp3) is 0.222.